The summed E-state index contributed by atoms with van der Waals surface area (Å²) in [6, 6.07) is 19.4. The number of benzene rings is 3. The molecule has 0 radical (unpaired) electrons. The zero-order valence-corrected chi connectivity index (χ0v) is 21.2. The molecule has 38 heavy (non-hydrogen) atoms. The summed E-state index contributed by atoms with van der Waals surface area (Å²) in [7, 11) is 0. The van der Waals surface area contributed by atoms with Gasteiger partial charge in [-0.3, -0.25) is 0 Å². The molecule has 198 valence electrons. The SMILES string of the molecule is Cc1cc(C(F)(F)F)ccc1C1(O)CC2CCCC(C1)N2C(=O)OCC1c2ccccc2-c2ccccc21. The standard InChI is InChI=1S/C31H30F3NO3/c1-19-15-20(31(32,33)34)13-14-28(19)30(37)16-21-7-6-8-22(17-30)35(21)29(36)38-18-27-25-11-4-2-9-23(25)24-10-3-5-12-26(24)27/h2-5,9-15,21-22,27,37H,6-8,16-18H2,1H3. The Labute approximate surface area is 220 Å². The number of alkyl halides is 3. The Kier molecular flexibility index (Phi) is 6.02. The van der Waals surface area contributed by atoms with Crippen LogP contribution in [0.2, 0.25) is 0 Å². The van der Waals surface area contributed by atoms with Gasteiger partial charge in [-0.1, -0.05) is 54.6 Å². The van der Waals surface area contributed by atoms with Gasteiger partial charge in [0.05, 0.1) is 11.2 Å². The summed E-state index contributed by atoms with van der Waals surface area (Å²) in [6.45, 7) is 1.83. The van der Waals surface area contributed by atoms with Gasteiger partial charge < -0.3 is 14.7 Å². The number of halogens is 3. The van der Waals surface area contributed by atoms with Gasteiger partial charge in [0.15, 0.2) is 0 Å². The van der Waals surface area contributed by atoms with E-state index in [1.54, 1.807) is 11.8 Å². The monoisotopic (exact) mass is 521 g/mol. The number of aryl methyl sites for hydroxylation is 1. The quantitative estimate of drug-likeness (QED) is 0.398. The van der Waals surface area contributed by atoms with Crippen molar-refractivity contribution >= 4 is 6.09 Å². The maximum Gasteiger partial charge on any atom is 0.416 e. The van der Waals surface area contributed by atoms with Crippen LogP contribution in [0, 0.1) is 6.92 Å². The van der Waals surface area contributed by atoms with Gasteiger partial charge >= 0.3 is 12.3 Å². The van der Waals surface area contributed by atoms with Crippen LogP contribution in [0.15, 0.2) is 66.7 Å². The molecule has 0 saturated carbocycles. The number of aliphatic hydroxyl groups is 1. The fourth-order valence-corrected chi connectivity index (χ4v) is 6.98. The predicted octanol–water partition coefficient (Wildman–Crippen LogP) is 7.17. The number of carbonyl (C=O) groups is 1. The van der Waals surface area contributed by atoms with Crippen LogP contribution in [0.25, 0.3) is 11.1 Å². The van der Waals surface area contributed by atoms with Crippen molar-refractivity contribution < 1.29 is 27.8 Å². The van der Waals surface area contributed by atoms with E-state index < -0.39 is 17.3 Å². The molecule has 1 N–H and O–H groups in total. The minimum atomic E-state index is -4.43. The summed E-state index contributed by atoms with van der Waals surface area (Å²) >= 11 is 0. The Morgan fingerprint density at radius 2 is 1.55 bits per heavy atom. The molecule has 1 aliphatic carbocycles. The van der Waals surface area contributed by atoms with Gasteiger partial charge in [0, 0.05) is 30.8 Å². The normalized spacial score (nSPS) is 24.6. The lowest BCUT2D eigenvalue weighted by atomic mass is 9.71. The highest BCUT2D eigenvalue weighted by Crippen LogP contribution is 2.47. The number of amides is 1. The molecule has 0 spiro atoms. The number of carbonyl (C=O) groups excluding carboxylic acids is 1. The van der Waals surface area contributed by atoms with E-state index >= 15 is 0 Å². The molecule has 0 aromatic heterocycles. The minimum Gasteiger partial charge on any atom is -0.448 e. The molecule has 2 unspecified atom stereocenters. The molecule has 4 nitrogen and oxygen atoms in total. The molecule has 3 aliphatic rings. The van der Waals surface area contributed by atoms with Gasteiger partial charge in [-0.25, -0.2) is 4.79 Å². The van der Waals surface area contributed by atoms with Crippen molar-refractivity contribution in [1.29, 1.82) is 0 Å². The maximum absolute atomic E-state index is 13.5. The summed E-state index contributed by atoms with van der Waals surface area (Å²) in [6.07, 6.45) is -1.88. The molecule has 1 amide bonds. The fraction of sp³-hybridized carbons (Fsp3) is 0.387. The average molecular weight is 522 g/mol. The minimum absolute atomic E-state index is 0.0392. The van der Waals surface area contributed by atoms with E-state index in [2.05, 4.69) is 24.3 Å². The predicted molar refractivity (Wildman–Crippen MR) is 138 cm³/mol. The number of hydrogen-bond donors (Lipinski definition) is 1. The first kappa shape index (κ1) is 25.0. The highest BCUT2D eigenvalue weighted by atomic mass is 19.4. The van der Waals surface area contributed by atoms with E-state index in [0.29, 0.717) is 11.1 Å². The second kappa shape index (κ2) is 9.16. The summed E-state index contributed by atoms with van der Waals surface area (Å²) in [4.78, 5) is 15.2. The van der Waals surface area contributed by atoms with Crippen molar-refractivity contribution in [2.24, 2.45) is 0 Å². The van der Waals surface area contributed by atoms with Crippen LogP contribution in [-0.2, 0) is 16.5 Å². The number of piperidine rings is 2. The Morgan fingerprint density at radius 3 is 2.11 bits per heavy atom. The Hall–Kier alpha value is -3.32. The third-order valence-corrected chi connectivity index (χ3v) is 8.61. The second-order valence-electron chi connectivity index (χ2n) is 10.9. The fourth-order valence-electron chi connectivity index (χ4n) is 6.98. The molecular weight excluding hydrogens is 491 g/mol. The van der Waals surface area contributed by atoms with Crippen molar-refractivity contribution in [1.82, 2.24) is 4.90 Å². The number of ether oxygens (including phenoxy) is 1. The molecule has 2 saturated heterocycles. The third kappa shape index (κ3) is 4.17. The lowest BCUT2D eigenvalue weighted by Gasteiger charge is -2.51. The summed E-state index contributed by atoms with van der Waals surface area (Å²) in [5, 5.41) is 11.7. The smallest absolute Gasteiger partial charge is 0.416 e. The molecule has 2 fully saturated rings. The van der Waals surface area contributed by atoms with Crippen molar-refractivity contribution in [2.75, 3.05) is 6.61 Å². The van der Waals surface area contributed by atoms with E-state index in [4.69, 9.17) is 4.74 Å². The Bertz CT molecular complexity index is 1330. The molecule has 2 bridgehead atoms. The van der Waals surface area contributed by atoms with Crippen molar-refractivity contribution in [3.63, 3.8) is 0 Å². The van der Waals surface area contributed by atoms with E-state index in [0.717, 1.165) is 53.6 Å². The zero-order chi connectivity index (χ0) is 26.7. The number of rotatable bonds is 3. The second-order valence-corrected chi connectivity index (χ2v) is 10.9. The van der Waals surface area contributed by atoms with E-state index in [1.807, 2.05) is 24.3 Å². The first-order chi connectivity index (χ1) is 18.2. The number of nitrogens with zero attached hydrogens (tertiary/aromatic N) is 1. The zero-order valence-electron chi connectivity index (χ0n) is 21.2. The molecule has 7 heteroatoms. The highest BCUT2D eigenvalue weighted by molar-refractivity contribution is 5.79. The first-order valence-corrected chi connectivity index (χ1v) is 13.2. The van der Waals surface area contributed by atoms with Gasteiger partial charge in [-0.05, 0) is 71.7 Å². The van der Waals surface area contributed by atoms with Crippen LogP contribution in [0.4, 0.5) is 18.0 Å². The lowest BCUT2D eigenvalue weighted by Crippen LogP contribution is -2.59. The van der Waals surface area contributed by atoms with Gasteiger partial charge in [0.2, 0.25) is 0 Å². The molecule has 3 aromatic carbocycles. The van der Waals surface area contributed by atoms with Gasteiger partial charge in [0.1, 0.15) is 6.61 Å². The van der Waals surface area contributed by atoms with Crippen LogP contribution in [0.1, 0.15) is 65.8 Å². The molecule has 2 heterocycles. The van der Waals surface area contributed by atoms with Gasteiger partial charge in [0.25, 0.3) is 0 Å². The highest BCUT2D eigenvalue weighted by Gasteiger charge is 2.49. The van der Waals surface area contributed by atoms with Crippen LogP contribution in [-0.4, -0.2) is 34.8 Å². The van der Waals surface area contributed by atoms with Gasteiger partial charge in [-0.15, -0.1) is 0 Å². The van der Waals surface area contributed by atoms with Crippen molar-refractivity contribution in [3.8, 4) is 11.1 Å². The summed E-state index contributed by atoms with van der Waals surface area (Å²) < 4.78 is 45.5. The van der Waals surface area contributed by atoms with Crippen LogP contribution >= 0.6 is 0 Å². The van der Waals surface area contributed by atoms with Crippen molar-refractivity contribution in [3.05, 3.63) is 94.5 Å². The van der Waals surface area contributed by atoms with E-state index in [9.17, 15) is 23.1 Å². The number of fused-ring (bicyclic) bond motifs is 5. The summed E-state index contributed by atoms with van der Waals surface area (Å²) in [5.74, 6) is -0.0392. The topological polar surface area (TPSA) is 49.8 Å². The van der Waals surface area contributed by atoms with Crippen molar-refractivity contribution in [2.45, 2.75) is 68.8 Å². The molecular formula is C31H30F3NO3. The molecule has 2 atom stereocenters. The van der Waals surface area contributed by atoms with Crippen LogP contribution < -0.4 is 0 Å². The maximum atomic E-state index is 13.5. The molecule has 3 aromatic rings. The van der Waals surface area contributed by atoms with Crippen LogP contribution in [0.3, 0.4) is 0 Å². The Balaban J connectivity index is 1.20. The Morgan fingerprint density at radius 1 is 0.974 bits per heavy atom. The van der Waals surface area contributed by atoms with Gasteiger partial charge in [-0.2, -0.15) is 13.2 Å². The summed E-state index contributed by atoms with van der Waals surface area (Å²) in [5.41, 5.74) is 3.53. The number of hydrogen-bond acceptors (Lipinski definition) is 3. The lowest BCUT2D eigenvalue weighted by molar-refractivity contribution is -0.137. The average Bonchev–Trinajstić information content (AvgIpc) is 3.20. The van der Waals surface area contributed by atoms with Crippen LogP contribution in [0.5, 0.6) is 0 Å². The molecule has 6 rings (SSSR count). The third-order valence-electron chi connectivity index (χ3n) is 8.61. The molecule has 2 aliphatic heterocycles. The first-order valence-electron chi connectivity index (χ1n) is 13.2. The largest absolute Gasteiger partial charge is 0.448 e. The van der Waals surface area contributed by atoms with E-state index in [-0.39, 0.29) is 43.5 Å². The van der Waals surface area contributed by atoms with E-state index in [1.165, 1.54) is 6.07 Å².